The summed E-state index contributed by atoms with van der Waals surface area (Å²) < 4.78 is 0. The van der Waals surface area contributed by atoms with Crippen molar-refractivity contribution in [2.45, 2.75) is 57.9 Å². The molecule has 0 rings (SSSR count). The van der Waals surface area contributed by atoms with Crippen LogP contribution >= 0.6 is 0 Å². The second-order valence-corrected chi connectivity index (χ2v) is 5.02. The molecular formula is C11H23BO3. The molecule has 4 heteroatoms. The number of hydrogen-bond donors (Lipinski definition) is 2. The van der Waals surface area contributed by atoms with Gasteiger partial charge in [0.05, 0.1) is 12.0 Å². The predicted octanol–water partition coefficient (Wildman–Crippen LogP) is 1.46. The van der Waals surface area contributed by atoms with Gasteiger partial charge >= 0.3 is 5.97 Å². The summed E-state index contributed by atoms with van der Waals surface area (Å²) in [5.41, 5.74) is 0. The second-order valence-electron chi connectivity index (χ2n) is 5.02. The average Bonchev–Trinajstić information content (AvgIpc) is 2.12. The van der Waals surface area contributed by atoms with Crippen molar-refractivity contribution in [3.63, 3.8) is 0 Å². The van der Waals surface area contributed by atoms with E-state index in [0.717, 1.165) is 12.8 Å². The number of aliphatic carboxylic acids is 1. The van der Waals surface area contributed by atoms with Crippen molar-refractivity contribution in [3.05, 3.63) is 0 Å². The van der Waals surface area contributed by atoms with Crippen molar-refractivity contribution < 1.29 is 15.0 Å². The molecule has 15 heavy (non-hydrogen) atoms. The molecule has 0 aromatic heterocycles. The Kier molecular flexibility index (Phi) is 5.95. The van der Waals surface area contributed by atoms with E-state index in [1.165, 1.54) is 0 Å². The molecule has 3 atom stereocenters. The summed E-state index contributed by atoms with van der Waals surface area (Å²) in [6.45, 7) is 6.05. The molecule has 0 saturated heterocycles. The van der Waals surface area contributed by atoms with Crippen LogP contribution < -0.4 is 0 Å². The van der Waals surface area contributed by atoms with E-state index < -0.39 is 18.0 Å². The van der Waals surface area contributed by atoms with Gasteiger partial charge in [-0.1, -0.05) is 38.9 Å². The fourth-order valence-corrected chi connectivity index (χ4v) is 1.64. The number of carboxylic acids is 1. The Hall–Kier alpha value is -0.505. The monoisotopic (exact) mass is 214 g/mol. The van der Waals surface area contributed by atoms with Crippen LogP contribution in [-0.4, -0.2) is 30.1 Å². The van der Waals surface area contributed by atoms with Gasteiger partial charge in [0.25, 0.3) is 0 Å². The Morgan fingerprint density at radius 1 is 1.47 bits per heavy atom. The van der Waals surface area contributed by atoms with Crippen LogP contribution in [-0.2, 0) is 4.79 Å². The van der Waals surface area contributed by atoms with E-state index in [-0.39, 0.29) is 5.31 Å². The fraction of sp³-hybridized carbons (Fsp3) is 0.909. The molecule has 0 spiro atoms. The zero-order chi connectivity index (χ0) is 12.1. The molecule has 0 aliphatic rings. The maximum atomic E-state index is 10.9. The summed E-state index contributed by atoms with van der Waals surface area (Å²) in [4.78, 5) is 10.9. The lowest BCUT2D eigenvalue weighted by Crippen LogP contribution is -2.31. The van der Waals surface area contributed by atoms with Gasteiger partial charge in [-0.15, -0.1) is 0 Å². The number of carbonyl (C=O) groups is 1. The lowest BCUT2D eigenvalue weighted by atomic mass is 9.64. The number of aliphatic hydroxyl groups excluding tert-OH is 1. The van der Waals surface area contributed by atoms with Crippen molar-refractivity contribution in [1.82, 2.24) is 0 Å². The number of aliphatic hydroxyl groups is 1. The van der Waals surface area contributed by atoms with Crippen molar-refractivity contribution in [3.8, 4) is 0 Å². The minimum atomic E-state index is -0.878. The van der Waals surface area contributed by atoms with Crippen LogP contribution in [0, 0.1) is 5.92 Å². The van der Waals surface area contributed by atoms with Crippen molar-refractivity contribution in [2.24, 2.45) is 5.92 Å². The lowest BCUT2D eigenvalue weighted by Gasteiger charge is -2.28. The number of rotatable bonds is 7. The molecule has 0 aliphatic heterocycles. The van der Waals surface area contributed by atoms with Crippen LogP contribution in [0.3, 0.4) is 0 Å². The topological polar surface area (TPSA) is 57.5 Å². The molecule has 0 heterocycles. The van der Waals surface area contributed by atoms with E-state index in [0.29, 0.717) is 12.8 Å². The molecule has 88 valence electrons. The zero-order valence-corrected chi connectivity index (χ0v) is 10.3. The molecule has 3 nitrogen and oxygen atoms in total. The fourth-order valence-electron chi connectivity index (χ4n) is 1.64. The van der Waals surface area contributed by atoms with Crippen molar-refractivity contribution in [2.75, 3.05) is 0 Å². The standard InChI is InChI=1S/C11H23BO3/c1-4-6-8(10(14)15)9(13)7-11(3,12)5-2/h8-9,13H,4-7,12H2,1-3H3,(H,14,15). The Bertz CT molecular complexity index is 204. The lowest BCUT2D eigenvalue weighted by molar-refractivity contribution is -0.146. The highest BCUT2D eigenvalue weighted by atomic mass is 16.4. The first-order chi connectivity index (χ1) is 6.84. The van der Waals surface area contributed by atoms with E-state index in [2.05, 4.69) is 21.7 Å². The summed E-state index contributed by atoms with van der Waals surface area (Å²) in [7, 11) is 2.06. The van der Waals surface area contributed by atoms with Gasteiger partial charge in [0.15, 0.2) is 0 Å². The summed E-state index contributed by atoms with van der Waals surface area (Å²) in [6, 6.07) is 0. The van der Waals surface area contributed by atoms with Crippen LogP contribution in [0.25, 0.3) is 0 Å². The molecule has 0 bridgehead atoms. The van der Waals surface area contributed by atoms with E-state index in [1.54, 1.807) is 0 Å². The van der Waals surface area contributed by atoms with E-state index in [4.69, 9.17) is 5.11 Å². The summed E-state index contributed by atoms with van der Waals surface area (Å²) in [6.07, 6.45) is 2.12. The van der Waals surface area contributed by atoms with Gasteiger partial charge in [-0.2, -0.15) is 0 Å². The van der Waals surface area contributed by atoms with E-state index >= 15 is 0 Å². The van der Waals surface area contributed by atoms with Crippen LogP contribution in [0.15, 0.2) is 0 Å². The smallest absolute Gasteiger partial charge is 0.309 e. The summed E-state index contributed by atoms with van der Waals surface area (Å²) >= 11 is 0. The van der Waals surface area contributed by atoms with Crippen molar-refractivity contribution >= 4 is 13.8 Å². The van der Waals surface area contributed by atoms with Gasteiger partial charge in [-0.05, 0) is 12.8 Å². The normalized spacial score (nSPS) is 19.2. The van der Waals surface area contributed by atoms with Gasteiger partial charge < -0.3 is 10.2 Å². The molecule has 0 amide bonds. The highest BCUT2D eigenvalue weighted by Crippen LogP contribution is 2.33. The first kappa shape index (κ1) is 14.5. The minimum Gasteiger partial charge on any atom is -0.481 e. The first-order valence-corrected chi connectivity index (χ1v) is 5.75. The van der Waals surface area contributed by atoms with Crippen molar-refractivity contribution in [1.29, 1.82) is 0 Å². The molecule has 0 aromatic rings. The van der Waals surface area contributed by atoms with Crippen LogP contribution in [0.1, 0.15) is 46.5 Å². The third-order valence-corrected chi connectivity index (χ3v) is 3.10. The molecule has 0 aromatic carbocycles. The maximum Gasteiger partial charge on any atom is 0.309 e. The molecule has 2 N–H and O–H groups in total. The largest absolute Gasteiger partial charge is 0.481 e. The highest BCUT2D eigenvalue weighted by Gasteiger charge is 2.30. The minimum absolute atomic E-state index is 0.0147. The molecule has 3 unspecified atom stereocenters. The van der Waals surface area contributed by atoms with Gasteiger partial charge in [0.1, 0.15) is 7.85 Å². The molecule has 0 saturated carbocycles. The van der Waals surface area contributed by atoms with Crippen LogP contribution in [0.2, 0.25) is 5.31 Å². The number of carboxylic acid groups (broad SMARTS) is 1. The maximum absolute atomic E-state index is 10.9. The van der Waals surface area contributed by atoms with Gasteiger partial charge in [0, 0.05) is 0 Å². The Morgan fingerprint density at radius 2 is 2.00 bits per heavy atom. The molecule has 0 radical (unpaired) electrons. The Morgan fingerprint density at radius 3 is 2.33 bits per heavy atom. The van der Waals surface area contributed by atoms with E-state index in [1.807, 2.05) is 6.92 Å². The van der Waals surface area contributed by atoms with E-state index in [9.17, 15) is 9.90 Å². The summed E-state index contributed by atoms with van der Waals surface area (Å²) in [5.74, 6) is -1.49. The molecule has 0 aliphatic carbocycles. The first-order valence-electron chi connectivity index (χ1n) is 5.75. The Labute approximate surface area is 93.3 Å². The molecule has 0 fully saturated rings. The third-order valence-electron chi connectivity index (χ3n) is 3.10. The van der Waals surface area contributed by atoms with Gasteiger partial charge in [0.2, 0.25) is 0 Å². The second kappa shape index (κ2) is 6.16. The quantitative estimate of drug-likeness (QED) is 0.631. The average molecular weight is 214 g/mol. The Balaban J connectivity index is 4.37. The van der Waals surface area contributed by atoms with Gasteiger partial charge in [-0.3, -0.25) is 4.79 Å². The van der Waals surface area contributed by atoms with Crippen LogP contribution in [0.5, 0.6) is 0 Å². The predicted molar refractivity (Wildman–Crippen MR) is 63.9 cm³/mol. The molecular weight excluding hydrogens is 191 g/mol. The SMILES string of the molecule is BC(C)(CC)CC(O)C(CCC)C(=O)O. The van der Waals surface area contributed by atoms with Crippen LogP contribution in [0.4, 0.5) is 0 Å². The number of hydrogen-bond acceptors (Lipinski definition) is 2. The highest BCUT2D eigenvalue weighted by molar-refractivity contribution is 6.14. The van der Waals surface area contributed by atoms with Gasteiger partial charge in [-0.25, -0.2) is 0 Å². The third kappa shape index (κ3) is 5.21. The zero-order valence-electron chi connectivity index (χ0n) is 10.3. The summed E-state index contributed by atoms with van der Waals surface area (Å²) in [5, 5.41) is 18.9.